The zero-order chi connectivity index (χ0) is 13.3. The topological polar surface area (TPSA) is 47.3 Å². The maximum absolute atomic E-state index is 13.1. The molecule has 0 aliphatic rings. The van der Waals surface area contributed by atoms with E-state index >= 15 is 0 Å². The van der Waals surface area contributed by atoms with Crippen molar-refractivity contribution in [2.75, 3.05) is 7.11 Å². The highest BCUT2D eigenvalue weighted by atomic mass is 19.3. The summed E-state index contributed by atoms with van der Waals surface area (Å²) in [6.45, 7) is 0.788. The number of para-hydroxylation sites is 1. The molecule has 96 valence electrons. The minimum atomic E-state index is -2.98. The van der Waals surface area contributed by atoms with Crippen molar-refractivity contribution >= 4 is 0 Å². The molecule has 0 unspecified atom stereocenters. The summed E-state index contributed by atoms with van der Waals surface area (Å²) in [5, 5.41) is 13.6. The lowest BCUT2D eigenvalue weighted by molar-refractivity contribution is 0.0174. The van der Waals surface area contributed by atoms with Crippen LogP contribution in [-0.4, -0.2) is 22.0 Å². The zero-order valence-corrected chi connectivity index (χ0v) is 9.89. The molecule has 0 spiro atoms. The van der Waals surface area contributed by atoms with Crippen molar-refractivity contribution in [2.45, 2.75) is 12.8 Å². The van der Waals surface area contributed by atoms with Gasteiger partial charge < -0.3 is 9.84 Å². The van der Waals surface area contributed by atoms with E-state index in [1.165, 1.54) is 17.9 Å². The van der Waals surface area contributed by atoms with E-state index in [9.17, 15) is 13.9 Å². The summed E-state index contributed by atoms with van der Waals surface area (Å²) >= 11 is 0. The first-order valence-electron chi connectivity index (χ1n) is 5.23. The summed E-state index contributed by atoms with van der Waals surface area (Å²) < 4.78 is 32.5. The fourth-order valence-electron chi connectivity index (χ4n) is 1.58. The van der Waals surface area contributed by atoms with Crippen LogP contribution in [0.5, 0.6) is 11.5 Å². The van der Waals surface area contributed by atoms with E-state index in [0.717, 1.165) is 19.3 Å². The summed E-state index contributed by atoms with van der Waals surface area (Å²) in [7, 11) is 1.43. The molecule has 4 nitrogen and oxygen atoms in total. The number of methoxy groups -OCH3 is 1. The third kappa shape index (κ3) is 2.13. The van der Waals surface area contributed by atoms with Crippen molar-refractivity contribution in [3.8, 4) is 17.2 Å². The standard InChI is InChI=1S/C12H12F2N2O2/c1-12(13,14)8-6-15-16(7-8)11-9(17)4-3-5-10(11)18-2/h3-7,17H,1-2H3. The molecule has 0 aliphatic heterocycles. The minimum absolute atomic E-state index is 0.0941. The third-order valence-electron chi connectivity index (χ3n) is 2.52. The van der Waals surface area contributed by atoms with Gasteiger partial charge in [0.05, 0.1) is 18.9 Å². The van der Waals surface area contributed by atoms with Crippen molar-refractivity contribution in [1.29, 1.82) is 0 Å². The molecule has 18 heavy (non-hydrogen) atoms. The summed E-state index contributed by atoms with van der Waals surface area (Å²) in [4.78, 5) is 0. The summed E-state index contributed by atoms with van der Waals surface area (Å²) in [6, 6.07) is 4.64. The van der Waals surface area contributed by atoms with Gasteiger partial charge in [-0.15, -0.1) is 0 Å². The smallest absolute Gasteiger partial charge is 0.273 e. The van der Waals surface area contributed by atoms with Gasteiger partial charge in [-0.2, -0.15) is 5.10 Å². The molecule has 0 amide bonds. The first-order chi connectivity index (χ1) is 8.43. The highest BCUT2D eigenvalue weighted by Crippen LogP contribution is 2.33. The number of aromatic hydroxyl groups is 1. The van der Waals surface area contributed by atoms with E-state index in [1.807, 2.05) is 0 Å². The maximum Gasteiger partial charge on any atom is 0.273 e. The van der Waals surface area contributed by atoms with Gasteiger partial charge in [0.15, 0.2) is 0 Å². The average molecular weight is 254 g/mol. The van der Waals surface area contributed by atoms with Crippen molar-refractivity contribution in [3.63, 3.8) is 0 Å². The second-order valence-electron chi connectivity index (χ2n) is 3.89. The van der Waals surface area contributed by atoms with Crippen LogP contribution in [0, 0.1) is 0 Å². The molecule has 1 aromatic heterocycles. The Hall–Kier alpha value is -2.11. The fourth-order valence-corrected chi connectivity index (χ4v) is 1.58. The predicted octanol–water partition coefficient (Wildman–Crippen LogP) is 2.70. The van der Waals surface area contributed by atoms with Crippen LogP contribution in [0.15, 0.2) is 30.6 Å². The Labute approximate surface area is 102 Å². The van der Waals surface area contributed by atoms with Gasteiger partial charge in [0, 0.05) is 13.1 Å². The number of ether oxygens (including phenoxy) is 1. The lowest BCUT2D eigenvalue weighted by Crippen LogP contribution is -2.05. The van der Waals surface area contributed by atoms with Crippen LogP contribution in [0.2, 0.25) is 0 Å². The SMILES string of the molecule is COc1cccc(O)c1-n1cc(C(C)(F)F)cn1. The summed E-state index contributed by atoms with van der Waals surface area (Å²) in [5.74, 6) is -2.72. The lowest BCUT2D eigenvalue weighted by atomic mass is 10.2. The first kappa shape index (κ1) is 12.3. The van der Waals surface area contributed by atoms with Gasteiger partial charge in [0.1, 0.15) is 17.2 Å². The van der Waals surface area contributed by atoms with Gasteiger partial charge in [0.25, 0.3) is 5.92 Å². The van der Waals surface area contributed by atoms with E-state index in [2.05, 4.69) is 5.10 Å². The van der Waals surface area contributed by atoms with Crippen LogP contribution in [0.3, 0.4) is 0 Å². The number of hydrogen-bond acceptors (Lipinski definition) is 3. The molecule has 0 atom stereocenters. The summed E-state index contributed by atoms with van der Waals surface area (Å²) in [6.07, 6.45) is 2.23. The molecule has 0 saturated carbocycles. The maximum atomic E-state index is 13.1. The fraction of sp³-hybridized carbons (Fsp3) is 0.250. The number of halogens is 2. The molecule has 2 rings (SSSR count). The molecule has 2 aromatic rings. The Morgan fingerprint density at radius 2 is 2.11 bits per heavy atom. The van der Waals surface area contributed by atoms with Crippen LogP contribution in [0.1, 0.15) is 12.5 Å². The number of hydrogen-bond donors (Lipinski definition) is 1. The van der Waals surface area contributed by atoms with Gasteiger partial charge in [0.2, 0.25) is 0 Å². The first-order valence-corrected chi connectivity index (χ1v) is 5.23. The molecular formula is C12H12F2N2O2. The number of nitrogens with zero attached hydrogens (tertiary/aromatic N) is 2. The van der Waals surface area contributed by atoms with Crippen LogP contribution in [0.25, 0.3) is 5.69 Å². The molecule has 0 saturated heterocycles. The van der Waals surface area contributed by atoms with E-state index in [-0.39, 0.29) is 17.0 Å². The van der Waals surface area contributed by atoms with Gasteiger partial charge in [-0.05, 0) is 12.1 Å². The van der Waals surface area contributed by atoms with E-state index in [1.54, 1.807) is 12.1 Å². The molecule has 0 bridgehead atoms. The Balaban J connectivity index is 2.53. The molecular weight excluding hydrogens is 242 g/mol. The van der Waals surface area contributed by atoms with Crippen LogP contribution in [0.4, 0.5) is 8.78 Å². The van der Waals surface area contributed by atoms with Gasteiger partial charge in [-0.3, -0.25) is 0 Å². The number of rotatable bonds is 3. The number of benzene rings is 1. The lowest BCUT2D eigenvalue weighted by Gasteiger charge is -2.10. The van der Waals surface area contributed by atoms with Gasteiger partial charge in [-0.25, -0.2) is 13.5 Å². The van der Waals surface area contributed by atoms with Crippen LogP contribution >= 0.6 is 0 Å². The molecule has 0 radical (unpaired) electrons. The predicted molar refractivity (Wildman–Crippen MR) is 61.3 cm³/mol. The highest BCUT2D eigenvalue weighted by Gasteiger charge is 2.27. The molecule has 1 aromatic carbocycles. The second kappa shape index (κ2) is 4.29. The van der Waals surface area contributed by atoms with Crippen molar-refractivity contribution < 1.29 is 18.6 Å². The van der Waals surface area contributed by atoms with E-state index in [4.69, 9.17) is 4.74 Å². The molecule has 1 N–H and O–H groups in total. The number of aromatic nitrogens is 2. The van der Waals surface area contributed by atoms with Crippen molar-refractivity contribution in [1.82, 2.24) is 9.78 Å². The van der Waals surface area contributed by atoms with Crippen molar-refractivity contribution in [2.24, 2.45) is 0 Å². The number of phenolic OH excluding ortho intramolecular Hbond substituents is 1. The minimum Gasteiger partial charge on any atom is -0.506 e. The van der Waals surface area contributed by atoms with Crippen LogP contribution < -0.4 is 4.74 Å². The second-order valence-corrected chi connectivity index (χ2v) is 3.89. The van der Waals surface area contributed by atoms with Gasteiger partial charge in [-0.1, -0.05) is 6.07 Å². The molecule has 0 fully saturated rings. The largest absolute Gasteiger partial charge is 0.506 e. The average Bonchev–Trinajstić information content (AvgIpc) is 2.77. The Kier molecular flexibility index (Phi) is 2.94. The normalized spacial score (nSPS) is 11.6. The third-order valence-corrected chi connectivity index (χ3v) is 2.52. The number of alkyl halides is 2. The highest BCUT2D eigenvalue weighted by molar-refractivity contribution is 5.56. The molecule has 6 heteroatoms. The van der Waals surface area contributed by atoms with Gasteiger partial charge >= 0.3 is 0 Å². The van der Waals surface area contributed by atoms with E-state index in [0.29, 0.717) is 5.75 Å². The molecule has 0 aliphatic carbocycles. The summed E-state index contributed by atoms with van der Waals surface area (Å²) in [5.41, 5.74) is 0.00306. The Bertz CT molecular complexity index is 561. The number of phenols is 1. The zero-order valence-electron chi connectivity index (χ0n) is 9.89. The van der Waals surface area contributed by atoms with Crippen LogP contribution in [-0.2, 0) is 5.92 Å². The Morgan fingerprint density at radius 1 is 1.39 bits per heavy atom. The van der Waals surface area contributed by atoms with Crippen molar-refractivity contribution in [3.05, 3.63) is 36.2 Å². The molecule has 1 heterocycles. The Morgan fingerprint density at radius 3 is 2.67 bits per heavy atom. The monoisotopic (exact) mass is 254 g/mol. The van der Waals surface area contributed by atoms with E-state index < -0.39 is 5.92 Å². The quantitative estimate of drug-likeness (QED) is 0.916.